The minimum atomic E-state index is -0.0807. The summed E-state index contributed by atoms with van der Waals surface area (Å²) in [6, 6.07) is 9.61. The van der Waals surface area contributed by atoms with Gasteiger partial charge < -0.3 is 14.3 Å². The number of rotatable bonds is 2. The number of benzene rings is 1. The second-order valence-electron chi connectivity index (χ2n) is 6.27. The van der Waals surface area contributed by atoms with Gasteiger partial charge in [-0.25, -0.2) is 4.79 Å². The maximum absolute atomic E-state index is 12.5. The molecule has 0 bridgehead atoms. The Bertz CT molecular complexity index is 942. The van der Waals surface area contributed by atoms with Crippen molar-refractivity contribution in [3.8, 4) is 0 Å². The van der Waals surface area contributed by atoms with Crippen molar-refractivity contribution in [2.45, 2.75) is 25.8 Å². The number of carbonyl (C=O) groups is 1. The smallest absolute Gasteiger partial charge is 0.326 e. The molecule has 124 valence electrons. The average Bonchev–Trinajstić information content (AvgIpc) is 3.16. The van der Waals surface area contributed by atoms with Crippen molar-refractivity contribution in [3.63, 3.8) is 0 Å². The van der Waals surface area contributed by atoms with Crippen LogP contribution >= 0.6 is 0 Å². The maximum Gasteiger partial charge on any atom is 0.326 e. The van der Waals surface area contributed by atoms with Crippen LogP contribution in [-0.4, -0.2) is 33.4 Å². The number of amides is 1. The lowest BCUT2D eigenvalue weighted by Gasteiger charge is -2.32. The van der Waals surface area contributed by atoms with Crippen molar-refractivity contribution in [3.05, 3.63) is 58.4 Å². The van der Waals surface area contributed by atoms with E-state index in [0.717, 1.165) is 29.4 Å². The van der Waals surface area contributed by atoms with Crippen molar-refractivity contribution in [2.24, 2.45) is 0 Å². The zero-order valence-corrected chi connectivity index (χ0v) is 13.5. The molecular weight excluding hydrogens is 306 g/mol. The lowest BCUT2D eigenvalue weighted by molar-refractivity contribution is 0.0662. The number of fused-ring (bicyclic) bond motifs is 1. The van der Waals surface area contributed by atoms with Gasteiger partial charge in [-0.2, -0.15) is 0 Å². The van der Waals surface area contributed by atoms with E-state index in [2.05, 4.69) is 4.98 Å². The summed E-state index contributed by atoms with van der Waals surface area (Å²) in [7, 11) is 0. The lowest BCUT2D eigenvalue weighted by Crippen LogP contribution is -2.40. The summed E-state index contributed by atoms with van der Waals surface area (Å²) >= 11 is 0. The number of H-pyrrole nitrogens is 1. The Morgan fingerprint density at radius 3 is 2.67 bits per heavy atom. The van der Waals surface area contributed by atoms with Gasteiger partial charge in [-0.3, -0.25) is 9.36 Å². The molecule has 1 saturated heterocycles. The van der Waals surface area contributed by atoms with Crippen LogP contribution in [0.2, 0.25) is 0 Å². The van der Waals surface area contributed by atoms with E-state index in [9.17, 15) is 9.59 Å². The molecule has 0 aliphatic carbocycles. The highest BCUT2D eigenvalue weighted by Gasteiger charge is 2.28. The highest BCUT2D eigenvalue weighted by atomic mass is 16.3. The fraction of sp³-hybridized carbons (Fsp3) is 0.333. The minimum absolute atomic E-state index is 0.0674. The van der Waals surface area contributed by atoms with E-state index in [1.54, 1.807) is 12.3 Å². The van der Waals surface area contributed by atoms with Crippen LogP contribution in [0.1, 0.15) is 35.0 Å². The van der Waals surface area contributed by atoms with Crippen LogP contribution in [0.4, 0.5) is 0 Å². The third kappa shape index (κ3) is 2.35. The van der Waals surface area contributed by atoms with Gasteiger partial charge in [0.25, 0.3) is 5.91 Å². The zero-order valence-electron chi connectivity index (χ0n) is 13.5. The maximum atomic E-state index is 12.5. The molecule has 0 radical (unpaired) electrons. The first kappa shape index (κ1) is 14.8. The van der Waals surface area contributed by atoms with Crippen LogP contribution in [0, 0.1) is 6.92 Å². The number of furan rings is 1. The van der Waals surface area contributed by atoms with E-state index in [0.29, 0.717) is 18.8 Å². The number of likely N-dealkylation sites (tertiary alicyclic amines) is 1. The molecule has 6 heteroatoms. The number of nitrogens with zero attached hydrogens (tertiary/aromatic N) is 2. The molecule has 3 heterocycles. The fourth-order valence-corrected chi connectivity index (χ4v) is 3.50. The number of aromatic amines is 1. The number of hydrogen-bond donors (Lipinski definition) is 1. The quantitative estimate of drug-likeness (QED) is 0.787. The molecule has 1 N–H and O–H groups in total. The molecular formula is C18H19N3O3. The van der Waals surface area contributed by atoms with Crippen LogP contribution in [0.15, 0.2) is 45.8 Å². The van der Waals surface area contributed by atoms with E-state index in [1.807, 2.05) is 40.7 Å². The monoisotopic (exact) mass is 325 g/mol. The molecule has 0 spiro atoms. The Labute approximate surface area is 138 Å². The summed E-state index contributed by atoms with van der Waals surface area (Å²) in [5.41, 5.74) is 2.55. The molecule has 3 aromatic rings. The summed E-state index contributed by atoms with van der Waals surface area (Å²) in [6.45, 7) is 3.11. The molecule has 1 aromatic carbocycles. The Morgan fingerprint density at radius 1 is 1.21 bits per heavy atom. The van der Waals surface area contributed by atoms with Crippen LogP contribution in [-0.2, 0) is 0 Å². The molecule has 0 saturated carbocycles. The third-order valence-corrected chi connectivity index (χ3v) is 4.80. The summed E-state index contributed by atoms with van der Waals surface area (Å²) < 4.78 is 7.13. The van der Waals surface area contributed by atoms with Crippen molar-refractivity contribution >= 4 is 16.9 Å². The fourth-order valence-electron chi connectivity index (χ4n) is 3.50. The third-order valence-electron chi connectivity index (χ3n) is 4.80. The molecule has 1 aliphatic heterocycles. The predicted octanol–water partition coefficient (Wildman–Crippen LogP) is 2.71. The summed E-state index contributed by atoms with van der Waals surface area (Å²) in [5, 5.41) is 0. The Balaban J connectivity index is 1.54. The van der Waals surface area contributed by atoms with Gasteiger partial charge in [-0.15, -0.1) is 0 Å². The van der Waals surface area contributed by atoms with E-state index in [4.69, 9.17) is 4.42 Å². The van der Waals surface area contributed by atoms with E-state index >= 15 is 0 Å². The number of aryl methyl sites for hydroxylation is 1. The normalized spacial score (nSPS) is 16.0. The highest BCUT2D eigenvalue weighted by molar-refractivity contribution is 5.92. The van der Waals surface area contributed by atoms with Gasteiger partial charge in [0.05, 0.1) is 17.3 Å². The van der Waals surface area contributed by atoms with E-state index < -0.39 is 0 Å². The van der Waals surface area contributed by atoms with E-state index in [1.165, 1.54) is 0 Å². The first-order chi connectivity index (χ1) is 11.6. The summed E-state index contributed by atoms with van der Waals surface area (Å²) in [5.74, 6) is 0.347. The molecule has 6 nitrogen and oxygen atoms in total. The van der Waals surface area contributed by atoms with Crippen molar-refractivity contribution in [1.82, 2.24) is 14.5 Å². The lowest BCUT2D eigenvalue weighted by atomic mass is 10.0. The SMILES string of the molecule is Cc1ccoc1C(=O)N1CCC(n2c(=O)[nH]c3ccccc32)CC1. The molecule has 0 atom stereocenters. The van der Waals surface area contributed by atoms with Crippen molar-refractivity contribution in [2.75, 3.05) is 13.1 Å². The largest absolute Gasteiger partial charge is 0.459 e. The Morgan fingerprint density at radius 2 is 1.96 bits per heavy atom. The summed E-state index contributed by atoms with van der Waals surface area (Å²) in [6.07, 6.45) is 3.06. The van der Waals surface area contributed by atoms with E-state index in [-0.39, 0.29) is 17.6 Å². The molecule has 1 fully saturated rings. The molecule has 0 unspecified atom stereocenters. The van der Waals surface area contributed by atoms with Gasteiger partial charge >= 0.3 is 5.69 Å². The van der Waals surface area contributed by atoms with Crippen LogP contribution < -0.4 is 5.69 Å². The Hall–Kier alpha value is -2.76. The highest BCUT2D eigenvalue weighted by Crippen LogP contribution is 2.26. The van der Waals surface area contributed by atoms with Crippen LogP contribution in [0.25, 0.3) is 11.0 Å². The number of aromatic nitrogens is 2. The number of imidazole rings is 1. The van der Waals surface area contributed by atoms with Gasteiger partial charge in [-0.1, -0.05) is 12.1 Å². The number of carbonyl (C=O) groups excluding carboxylic acids is 1. The molecule has 1 aliphatic rings. The number of piperidine rings is 1. The topological polar surface area (TPSA) is 71.2 Å². The average molecular weight is 325 g/mol. The molecule has 24 heavy (non-hydrogen) atoms. The van der Waals surface area contributed by atoms with Crippen LogP contribution in [0.5, 0.6) is 0 Å². The van der Waals surface area contributed by atoms with Gasteiger partial charge in [0.2, 0.25) is 0 Å². The number of para-hydroxylation sites is 2. The van der Waals surface area contributed by atoms with Gasteiger partial charge in [-0.05, 0) is 38.0 Å². The number of nitrogens with one attached hydrogen (secondary N) is 1. The predicted molar refractivity (Wildman–Crippen MR) is 90.2 cm³/mol. The first-order valence-electron chi connectivity index (χ1n) is 8.18. The first-order valence-corrected chi connectivity index (χ1v) is 8.18. The van der Waals surface area contributed by atoms with Crippen molar-refractivity contribution in [1.29, 1.82) is 0 Å². The zero-order chi connectivity index (χ0) is 16.7. The van der Waals surface area contributed by atoms with Crippen molar-refractivity contribution < 1.29 is 9.21 Å². The molecule has 2 aromatic heterocycles. The van der Waals surface area contributed by atoms with Gasteiger partial charge in [0.1, 0.15) is 0 Å². The number of hydrogen-bond acceptors (Lipinski definition) is 3. The van der Waals surface area contributed by atoms with Gasteiger partial charge in [0, 0.05) is 24.7 Å². The molecule has 1 amide bonds. The molecule has 4 rings (SSSR count). The second kappa shape index (κ2) is 5.70. The Kier molecular flexibility index (Phi) is 3.52. The van der Waals surface area contributed by atoms with Gasteiger partial charge in [0.15, 0.2) is 5.76 Å². The summed E-state index contributed by atoms with van der Waals surface area (Å²) in [4.78, 5) is 29.5. The minimum Gasteiger partial charge on any atom is -0.459 e. The standard InChI is InChI=1S/C18H19N3O3/c1-12-8-11-24-16(12)17(22)20-9-6-13(7-10-20)21-15-5-3-2-4-14(15)19-18(21)23/h2-5,8,11,13H,6-7,9-10H2,1H3,(H,19,23). The van der Waals surface area contributed by atoms with Crippen LogP contribution in [0.3, 0.4) is 0 Å². The second-order valence-corrected chi connectivity index (χ2v) is 6.27.